The Bertz CT molecular complexity index is 2020. The molecule has 0 aliphatic rings. The van der Waals surface area contributed by atoms with Crippen LogP contribution in [0.2, 0.25) is 0 Å². The molecule has 1 aromatic heterocycles. The second-order valence-corrected chi connectivity index (χ2v) is 14.6. The zero-order valence-electron chi connectivity index (χ0n) is 25.5. The lowest BCUT2D eigenvalue weighted by atomic mass is 9.81. The van der Waals surface area contributed by atoms with Gasteiger partial charge in [0.05, 0.1) is 21.3 Å². The second kappa shape index (κ2) is 13.2. The number of carbonyl (C=O) groups is 1. The van der Waals surface area contributed by atoms with Crippen LogP contribution in [0.4, 0.5) is 0 Å². The van der Waals surface area contributed by atoms with Crippen LogP contribution < -0.4 is 20.8 Å². The number of nitrogens with two attached hydrogens (primary N) is 1. The van der Waals surface area contributed by atoms with E-state index < -0.39 is 35.3 Å². The van der Waals surface area contributed by atoms with Crippen molar-refractivity contribution in [2.45, 2.75) is 35.5 Å². The van der Waals surface area contributed by atoms with Gasteiger partial charge in [-0.25, -0.2) is 21.8 Å². The van der Waals surface area contributed by atoms with Crippen molar-refractivity contribution in [2.75, 3.05) is 27.2 Å². The predicted molar refractivity (Wildman–Crippen MR) is 171 cm³/mol. The number of sulfonamides is 2. The highest BCUT2D eigenvalue weighted by atomic mass is 32.2. The second-order valence-electron chi connectivity index (χ2n) is 11.4. The molecule has 0 aliphatic carbocycles. The molecule has 0 saturated heterocycles. The molecule has 0 fully saturated rings. The number of fused-ring (bicyclic) bond motifs is 1. The smallest absolute Gasteiger partial charge is 0.263 e. The molecule has 3 aromatic carbocycles. The van der Waals surface area contributed by atoms with Crippen LogP contribution in [-0.2, 0) is 30.3 Å². The number of rotatable bonds is 13. The van der Waals surface area contributed by atoms with Crippen LogP contribution in [-0.4, -0.2) is 81.0 Å². The zero-order valence-corrected chi connectivity index (χ0v) is 27.2. The van der Waals surface area contributed by atoms with Crippen LogP contribution in [0.15, 0.2) is 64.4 Å². The average molecular weight is 673 g/mol. The minimum absolute atomic E-state index is 0.00422. The van der Waals surface area contributed by atoms with Gasteiger partial charge in [-0.15, -0.1) is 0 Å². The van der Waals surface area contributed by atoms with E-state index in [0.717, 1.165) is 12.6 Å². The summed E-state index contributed by atoms with van der Waals surface area (Å²) in [6.45, 7) is 4.36. The Labute approximate surface area is 266 Å². The minimum atomic E-state index is -4.78. The molecule has 0 spiro atoms. The molecule has 4 rings (SSSR count). The Morgan fingerprint density at radius 3 is 2.26 bits per heavy atom. The number of amides is 1. The first kappa shape index (κ1) is 34.6. The van der Waals surface area contributed by atoms with Gasteiger partial charge < -0.3 is 31.3 Å². The molecule has 1 amide bonds. The van der Waals surface area contributed by atoms with Crippen LogP contribution >= 0.6 is 0 Å². The van der Waals surface area contributed by atoms with E-state index in [0.29, 0.717) is 29.6 Å². The highest BCUT2D eigenvalue weighted by Crippen LogP contribution is 2.42. The van der Waals surface area contributed by atoms with Gasteiger partial charge in [0.1, 0.15) is 16.6 Å². The average Bonchev–Trinajstić information content (AvgIpc) is 3.45. The molecule has 46 heavy (non-hydrogen) atoms. The van der Waals surface area contributed by atoms with Gasteiger partial charge in [0.15, 0.2) is 0 Å². The molecule has 1 heterocycles. The molecular formula is C29H36N8O7S2. The van der Waals surface area contributed by atoms with E-state index in [1.807, 2.05) is 19.0 Å². The molecule has 0 atom stereocenters. The van der Waals surface area contributed by atoms with Crippen LogP contribution in [0.3, 0.4) is 0 Å². The molecule has 0 saturated carbocycles. The fourth-order valence-corrected chi connectivity index (χ4v) is 6.75. The first-order valence-corrected chi connectivity index (χ1v) is 16.9. The van der Waals surface area contributed by atoms with Gasteiger partial charge in [0, 0.05) is 28.8 Å². The lowest BCUT2D eigenvalue weighted by molar-refractivity contribution is -0.125. The molecule has 9 N–H and O–H groups in total. The fraction of sp³-hybridized carbons (Fsp3) is 0.276. The summed E-state index contributed by atoms with van der Waals surface area (Å²) in [5.74, 6) is -0.591. The van der Waals surface area contributed by atoms with Gasteiger partial charge in [-0.05, 0) is 82.9 Å². The number of aromatic amines is 1. The van der Waals surface area contributed by atoms with E-state index in [2.05, 4.69) is 15.3 Å². The van der Waals surface area contributed by atoms with Crippen LogP contribution in [0, 0.1) is 5.41 Å². The quantitative estimate of drug-likeness (QED) is 0.0443. The topological polar surface area (TPSA) is 244 Å². The molecule has 17 heteroatoms. The van der Waals surface area contributed by atoms with E-state index in [1.165, 1.54) is 40.1 Å². The van der Waals surface area contributed by atoms with Gasteiger partial charge in [-0.1, -0.05) is 28.0 Å². The summed E-state index contributed by atoms with van der Waals surface area (Å²) in [4.78, 5) is 24.7. The van der Waals surface area contributed by atoms with Crippen molar-refractivity contribution in [1.29, 1.82) is 5.41 Å². The minimum Gasteiger partial charge on any atom is -0.384 e. The number of hydrogen-bond acceptors (Lipinski definition) is 10. The van der Waals surface area contributed by atoms with E-state index in [4.69, 9.17) is 11.1 Å². The maximum atomic E-state index is 13.6. The summed E-state index contributed by atoms with van der Waals surface area (Å²) in [5.41, 5.74) is 5.33. The van der Waals surface area contributed by atoms with Crippen LogP contribution in [0.25, 0.3) is 33.5 Å². The third kappa shape index (κ3) is 6.95. The molecule has 15 nitrogen and oxygen atoms in total. The van der Waals surface area contributed by atoms with Crippen molar-refractivity contribution >= 4 is 42.8 Å². The van der Waals surface area contributed by atoms with E-state index >= 15 is 0 Å². The molecule has 0 unspecified atom stereocenters. The maximum absolute atomic E-state index is 13.6. The Morgan fingerprint density at radius 2 is 1.63 bits per heavy atom. The summed E-state index contributed by atoms with van der Waals surface area (Å²) in [6, 6.07) is 12.8. The molecular weight excluding hydrogens is 637 g/mol. The van der Waals surface area contributed by atoms with Gasteiger partial charge in [-0.3, -0.25) is 10.2 Å². The van der Waals surface area contributed by atoms with E-state index in [1.54, 1.807) is 32.0 Å². The summed E-state index contributed by atoms with van der Waals surface area (Å²) in [7, 11) is -5.51. The lowest BCUT2D eigenvalue weighted by Crippen LogP contribution is -2.41. The number of benzene rings is 3. The van der Waals surface area contributed by atoms with Crippen molar-refractivity contribution in [3.63, 3.8) is 0 Å². The van der Waals surface area contributed by atoms with Crippen molar-refractivity contribution in [1.82, 2.24) is 30.0 Å². The molecule has 0 bridgehead atoms. The van der Waals surface area contributed by atoms with Crippen molar-refractivity contribution < 1.29 is 32.0 Å². The van der Waals surface area contributed by atoms with Crippen LogP contribution in [0.1, 0.15) is 31.4 Å². The normalized spacial score (nSPS) is 12.5. The van der Waals surface area contributed by atoms with Crippen LogP contribution in [0.5, 0.6) is 0 Å². The van der Waals surface area contributed by atoms with Gasteiger partial charge in [0.2, 0.25) is 5.91 Å². The van der Waals surface area contributed by atoms with Gasteiger partial charge >= 0.3 is 0 Å². The highest BCUT2D eigenvalue weighted by Gasteiger charge is 2.35. The summed E-state index contributed by atoms with van der Waals surface area (Å²) < 4.78 is 52.9. The zero-order chi connectivity index (χ0) is 34.0. The SMILES string of the molecule is CN(C)CCCNC(=O)C(C)(C)c1cc(-c2nc3ccc(C(=N)N)cc3[nH]2)c(S(=O)(=O)NO)c(-c2ccccc2S(=O)(=O)NO)c1. The third-order valence-corrected chi connectivity index (χ3v) is 9.86. The number of imidazole rings is 1. The first-order valence-electron chi connectivity index (χ1n) is 13.9. The Hall–Kier alpha value is -4.23. The Kier molecular flexibility index (Phi) is 9.98. The lowest BCUT2D eigenvalue weighted by Gasteiger charge is -2.27. The molecule has 0 aliphatic heterocycles. The largest absolute Gasteiger partial charge is 0.384 e. The van der Waals surface area contributed by atoms with E-state index in [-0.39, 0.29) is 39.8 Å². The number of aromatic nitrogens is 2. The standard InChI is InChI=1S/C29H36N8O7S2/c1-29(2,28(38)32-12-7-13-37(3)4)18-15-20(19-8-5-6-9-24(19)45(41,42)35-39)25(46(43,44)36-40)21(16-18)27-33-22-11-10-17(26(30)31)14-23(22)34-27/h5-6,8-11,14-16,35-36,39-40H,7,12-13H2,1-4H3,(H3,30,31)(H,32,38)(H,33,34). The van der Waals surface area contributed by atoms with Crippen molar-refractivity contribution in [3.8, 4) is 22.5 Å². The number of nitrogens with one attached hydrogen (secondary N) is 5. The van der Waals surface area contributed by atoms with E-state index in [9.17, 15) is 32.0 Å². The number of H-pyrrole nitrogens is 1. The number of carbonyl (C=O) groups excluding carboxylic acids is 1. The number of hydrogen-bond donors (Lipinski definition) is 8. The summed E-state index contributed by atoms with van der Waals surface area (Å²) in [6.07, 6.45) is 0.672. The summed E-state index contributed by atoms with van der Waals surface area (Å²) >= 11 is 0. The maximum Gasteiger partial charge on any atom is 0.263 e. The summed E-state index contributed by atoms with van der Waals surface area (Å²) in [5, 5.41) is 30.0. The molecule has 4 aromatic rings. The Morgan fingerprint density at radius 1 is 0.978 bits per heavy atom. The number of amidine groups is 1. The molecule has 246 valence electrons. The third-order valence-electron chi connectivity index (χ3n) is 7.47. The monoisotopic (exact) mass is 672 g/mol. The highest BCUT2D eigenvalue weighted by molar-refractivity contribution is 7.90. The number of nitrogens with zero attached hydrogens (tertiary/aromatic N) is 2. The Balaban J connectivity index is 2.08. The van der Waals surface area contributed by atoms with Gasteiger partial charge in [-0.2, -0.15) is 0 Å². The van der Waals surface area contributed by atoms with Crippen molar-refractivity contribution in [2.24, 2.45) is 5.73 Å². The fourth-order valence-electron chi connectivity index (χ4n) is 4.93. The van der Waals surface area contributed by atoms with Gasteiger partial charge in [0.25, 0.3) is 20.0 Å². The van der Waals surface area contributed by atoms with Crippen molar-refractivity contribution in [3.05, 3.63) is 65.7 Å². The predicted octanol–water partition coefficient (Wildman–Crippen LogP) is 1.86. The first-order chi connectivity index (χ1) is 21.5. The molecule has 0 radical (unpaired) electrons. The number of nitrogen functional groups attached to an aromatic ring is 1.